The van der Waals surface area contributed by atoms with Crippen LogP contribution in [0, 0.1) is 23.7 Å². The van der Waals surface area contributed by atoms with Crippen LogP contribution in [0.1, 0.15) is 32.0 Å². The van der Waals surface area contributed by atoms with E-state index in [9.17, 15) is 10.1 Å². The summed E-state index contributed by atoms with van der Waals surface area (Å²) in [6, 6.07) is 9.13. The molecule has 0 aliphatic heterocycles. The predicted octanol–water partition coefficient (Wildman–Crippen LogP) is 5.01. The van der Waals surface area contributed by atoms with E-state index in [1.165, 1.54) is 10.8 Å². The first-order chi connectivity index (χ1) is 11.2. The summed E-state index contributed by atoms with van der Waals surface area (Å²) in [4.78, 5) is 12.4. The van der Waals surface area contributed by atoms with E-state index in [1.807, 2.05) is 18.2 Å². The molecule has 0 saturated heterocycles. The Hall–Kier alpha value is -2.09. The van der Waals surface area contributed by atoms with Crippen LogP contribution in [0.3, 0.4) is 0 Å². The summed E-state index contributed by atoms with van der Waals surface area (Å²) in [5.41, 5.74) is 1.17. The quantitative estimate of drug-likeness (QED) is 0.570. The van der Waals surface area contributed by atoms with Crippen LogP contribution in [0.2, 0.25) is 10.2 Å². The topological polar surface area (TPSA) is 58.7 Å². The zero-order valence-corrected chi connectivity index (χ0v) is 15.4. The summed E-state index contributed by atoms with van der Waals surface area (Å²) < 4.78 is 1.50. The van der Waals surface area contributed by atoms with Gasteiger partial charge in [-0.2, -0.15) is 10.4 Å². The van der Waals surface area contributed by atoms with E-state index in [4.69, 9.17) is 23.2 Å². The summed E-state index contributed by atoms with van der Waals surface area (Å²) >= 11 is 12.6. The van der Waals surface area contributed by atoms with E-state index < -0.39 is 5.41 Å². The number of hydrogen-bond donors (Lipinski definition) is 0. The molecule has 1 heterocycles. The third-order valence-electron chi connectivity index (χ3n) is 3.46. The molecule has 1 aromatic carbocycles. The molecule has 0 unspecified atom stereocenters. The molecule has 2 aromatic rings. The largest absolute Gasteiger partial charge is 0.293 e. The maximum absolute atomic E-state index is 12.4. The van der Waals surface area contributed by atoms with Crippen molar-refractivity contribution >= 4 is 35.1 Å². The number of nitriles is 1. The van der Waals surface area contributed by atoms with Crippen LogP contribution in [0.25, 0.3) is 11.8 Å². The molecule has 4 nitrogen and oxygen atoms in total. The number of carbonyl (C=O) groups excluding carboxylic acids is 1. The van der Waals surface area contributed by atoms with Gasteiger partial charge in [0.1, 0.15) is 11.2 Å². The number of aromatic nitrogens is 2. The Labute approximate surface area is 151 Å². The lowest BCUT2D eigenvalue weighted by Gasteiger charge is -2.15. The van der Waals surface area contributed by atoms with Crippen LogP contribution in [0.5, 0.6) is 0 Å². The molecule has 124 valence electrons. The number of carbonyl (C=O) groups is 1. The van der Waals surface area contributed by atoms with Gasteiger partial charge in [-0.05, 0) is 25.1 Å². The van der Waals surface area contributed by atoms with Gasteiger partial charge in [0.05, 0.1) is 22.0 Å². The fourth-order valence-electron chi connectivity index (χ4n) is 2.16. The Bertz CT molecular complexity index is 867. The first-order valence-corrected chi connectivity index (χ1v) is 8.09. The molecule has 0 bridgehead atoms. The second-order valence-electron chi connectivity index (χ2n) is 6.40. The predicted molar refractivity (Wildman–Crippen MR) is 96.4 cm³/mol. The lowest BCUT2D eigenvalue weighted by molar-refractivity contribution is -0.121. The highest BCUT2D eigenvalue weighted by Crippen LogP contribution is 2.30. The van der Waals surface area contributed by atoms with E-state index in [1.54, 1.807) is 39.8 Å². The summed E-state index contributed by atoms with van der Waals surface area (Å²) in [6.45, 7) is 7.06. The Morgan fingerprint density at radius 2 is 1.92 bits per heavy atom. The van der Waals surface area contributed by atoms with Crippen molar-refractivity contribution in [2.24, 2.45) is 5.41 Å². The van der Waals surface area contributed by atoms with Crippen LogP contribution < -0.4 is 0 Å². The minimum Gasteiger partial charge on any atom is -0.293 e. The van der Waals surface area contributed by atoms with Gasteiger partial charge < -0.3 is 0 Å². The van der Waals surface area contributed by atoms with Gasteiger partial charge in [-0.15, -0.1) is 0 Å². The van der Waals surface area contributed by atoms with E-state index in [-0.39, 0.29) is 11.4 Å². The van der Waals surface area contributed by atoms with Crippen LogP contribution in [0.4, 0.5) is 0 Å². The first-order valence-electron chi connectivity index (χ1n) is 7.33. The monoisotopic (exact) mass is 361 g/mol. The Morgan fingerprint density at radius 3 is 2.46 bits per heavy atom. The van der Waals surface area contributed by atoms with Crippen molar-refractivity contribution in [3.63, 3.8) is 0 Å². The molecule has 0 spiro atoms. The van der Waals surface area contributed by atoms with Gasteiger partial charge in [0.2, 0.25) is 0 Å². The number of Topliss-reactive ketones (excluding diaryl/α,β-unsaturated/α-hetero) is 1. The molecule has 2 rings (SSSR count). The lowest BCUT2D eigenvalue weighted by Crippen LogP contribution is -2.21. The van der Waals surface area contributed by atoms with Gasteiger partial charge in [0, 0.05) is 11.0 Å². The van der Waals surface area contributed by atoms with Gasteiger partial charge in [0.25, 0.3) is 0 Å². The Kier molecular flexibility index (Phi) is 5.17. The summed E-state index contributed by atoms with van der Waals surface area (Å²) in [6.07, 6.45) is 1.49. The number of hydrogen-bond acceptors (Lipinski definition) is 3. The number of benzene rings is 1. The highest BCUT2D eigenvalue weighted by Gasteiger charge is 2.26. The second kappa shape index (κ2) is 6.80. The van der Waals surface area contributed by atoms with Crippen molar-refractivity contribution in [2.45, 2.75) is 27.7 Å². The maximum atomic E-state index is 12.4. The third kappa shape index (κ3) is 3.53. The van der Waals surface area contributed by atoms with E-state index in [2.05, 4.69) is 5.10 Å². The van der Waals surface area contributed by atoms with Gasteiger partial charge in [-0.1, -0.05) is 56.1 Å². The van der Waals surface area contributed by atoms with Crippen molar-refractivity contribution in [1.82, 2.24) is 9.78 Å². The number of rotatable bonds is 3. The zero-order chi connectivity index (χ0) is 18.1. The molecule has 0 radical (unpaired) electrons. The van der Waals surface area contributed by atoms with E-state index in [0.29, 0.717) is 27.1 Å². The minimum absolute atomic E-state index is 0.0474. The molecule has 1 aromatic heterocycles. The van der Waals surface area contributed by atoms with E-state index in [0.717, 1.165) is 0 Å². The molecule has 0 N–H and O–H groups in total. The number of nitrogens with zero attached hydrogens (tertiary/aromatic N) is 3. The van der Waals surface area contributed by atoms with Crippen molar-refractivity contribution in [3.05, 3.63) is 51.3 Å². The number of halogens is 2. The smallest absolute Gasteiger partial charge is 0.178 e. The number of para-hydroxylation sites is 1. The SMILES string of the molecule is Cc1nn(-c2ccccc2Cl)c(Cl)c1/C=C(\C#N)C(=O)C(C)(C)C. The molecule has 0 fully saturated rings. The summed E-state index contributed by atoms with van der Waals surface area (Å²) in [7, 11) is 0. The average Bonchev–Trinajstić information content (AvgIpc) is 2.79. The first kappa shape index (κ1) is 18.3. The molecule has 0 aliphatic carbocycles. The van der Waals surface area contributed by atoms with Crippen molar-refractivity contribution in [1.29, 1.82) is 5.26 Å². The molecular formula is C18H17Cl2N3O. The average molecular weight is 362 g/mol. The Balaban J connectivity index is 2.58. The second-order valence-corrected chi connectivity index (χ2v) is 7.17. The van der Waals surface area contributed by atoms with Crippen LogP contribution >= 0.6 is 23.2 Å². The highest BCUT2D eigenvalue weighted by molar-refractivity contribution is 6.33. The summed E-state index contributed by atoms with van der Waals surface area (Å²) in [5.74, 6) is -0.244. The zero-order valence-electron chi connectivity index (χ0n) is 13.9. The Morgan fingerprint density at radius 1 is 1.29 bits per heavy atom. The fourth-order valence-corrected chi connectivity index (χ4v) is 2.69. The van der Waals surface area contributed by atoms with E-state index >= 15 is 0 Å². The lowest BCUT2D eigenvalue weighted by atomic mass is 9.86. The standard InChI is InChI=1S/C18H17Cl2N3O/c1-11-13(9-12(10-21)16(24)18(2,3)4)17(20)23(22-11)15-8-6-5-7-14(15)19/h5-9H,1-4H3/b12-9+. The number of allylic oxidation sites excluding steroid dienone is 1. The van der Waals surface area contributed by atoms with Crippen molar-refractivity contribution in [3.8, 4) is 11.8 Å². The van der Waals surface area contributed by atoms with Gasteiger partial charge in [-0.25, -0.2) is 4.68 Å². The molecule has 0 saturated carbocycles. The highest BCUT2D eigenvalue weighted by atomic mass is 35.5. The third-order valence-corrected chi connectivity index (χ3v) is 4.15. The maximum Gasteiger partial charge on any atom is 0.178 e. The summed E-state index contributed by atoms with van der Waals surface area (Å²) in [5, 5.41) is 14.5. The molecular weight excluding hydrogens is 345 g/mol. The van der Waals surface area contributed by atoms with Gasteiger partial charge in [-0.3, -0.25) is 4.79 Å². The molecule has 0 amide bonds. The van der Waals surface area contributed by atoms with Crippen LogP contribution in [0.15, 0.2) is 29.8 Å². The minimum atomic E-state index is -0.652. The normalized spacial score (nSPS) is 12.1. The molecule has 6 heteroatoms. The van der Waals surface area contributed by atoms with Gasteiger partial charge >= 0.3 is 0 Å². The van der Waals surface area contributed by atoms with Crippen molar-refractivity contribution < 1.29 is 4.79 Å². The fraction of sp³-hybridized carbons (Fsp3) is 0.278. The van der Waals surface area contributed by atoms with Crippen LogP contribution in [-0.2, 0) is 4.79 Å². The molecule has 0 atom stereocenters. The van der Waals surface area contributed by atoms with Crippen molar-refractivity contribution in [2.75, 3.05) is 0 Å². The molecule has 0 aliphatic rings. The number of ketones is 1. The number of aryl methyl sites for hydroxylation is 1. The van der Waals surface area contributed by atoms with Gasteiger partial charge in [0.15, 0.2) is 5.78 Å². The molecule has 24 heavy (non-hydrogen) atoms. The van der Waals surface area contributed by atoms with Crippen LogP contribution in [-0.4, -0.2) is 15.6 Å².